The van der Waals surface area contributed by atoms with Crippen molar-refractivity contribution in [3.05, 3.63) is 0 Å². The van der Waals surface area contributed by atoms with Gasteiger partial charge in [0.05, 0.1) is 0 Å². The topological polar surface area (TPSA) is 20.2 Å². The smallest absolute Gasteiger partial charge is 0.0484 e. The third-order valence-electron chi connectivity index (χ3n) is 1.49. The Bertz CT molecular complexity index is 71.5. The van der Waals surface area contributed by atoms with Crippen LogP contribution in [0.4, 0.5) is 54.9 Å². The molecule has 0 amide bonds. The lowest BCUT2D eigenvalue weighted by atomic mass is 10.2. The van der Waals surface area contributed by atoms with Crippen LogP contribution in [0.25, 0.3) is 0 Å². The number of aliphatic hydroxyl groups excluding tert-OH is 1. The molecule has 0 spiro atoms. The van der Waals surface area contributed by atoms with Crippen molar-refractivity contribution in [3.63, 3.8) is 0 Å². The molecular weight excluding hydrogens is 304 g/mol. The van der Waals surface area contributed by atoms with Crippen LogP contribution in [0.5, 0.6) is 0 Å². The van der Waals surface area contributed by atoms with Gasteiger partial charge < -0.3 is 5.11 Å². The van der Waals surface area contributed by atoms with Gasteiger partial charge in [-0.25, -0.2) is 0 Å². The third-order valence-corrected chi connectivity index (χ3v) is 1.49. The maximum Gasteiger partial charge on any atom is 0.0484 e. The van der Waals surface area contributed by atoms with Crippen molar-refractivity contribution < 1.29 is 60.0 Å². The molecule has 0 aromatic heterocycles. The van der Waals surface area contributed by atoms with Gasteiger partial charge in [0.1, 0.15) is 0 Å². The molecule has 1 saturated carbocycles. The van der Waals surface area contributed by atoms with Crippen LogP contribution in [0.1, 0.15) is 19.8 Å². The van der Waals surface area contributed by atoms with Crippen molar-refractivity contribution in [1.29, 1.82) is 0 Å². The minimum atomic E-state index is 0.347. The molecule has 0 atom stereocenters. The van der Waals surface area contributed by atoms with Gasteiger partial charge in [-0.05, 0) is 18.3 Å². The van der Waals surface area contributed by atoms with Gasteiger partial charge in [-0.2, -0.15) is 0 Å². The Labute approximate surface area is 93.2 Å². The quantitative estimate of drug-likeness (QED) is 0.605. The van der Waals surface area contributed by atoms with E-state index in [0.717, 1.165) is 0 Å². The molecule has 18 heavy (non-hydrogen) atoms. The largest absolute Gasteiger partial charge is 0.396 e. The number of rotatable bonds is 1. The molecule has 1 aliphatic carbocycles. The van der Waals surface area contributed by atoms with Gasteiger partial charge in [-0.1, -0.05) is 6.92 Å². The van der Waals surface area contributed by atoms with Gasteiger partial charge in [0.2, 0.25) is 0 Å². The third kappa shape index (κ3) is 59.5. The SMILES string of the molecule is CC1(CO)CC1.FF.FF.FF.FF.FF.FF. The standard InChI is InChI=1S/C5H10O.6F2/c1-5(4-6)2-3-5;6*1-2/h6H,2-4H2,1H3;;;;;;. The fourth-order valence-electron chi connectivity index (χ4n) is 0.372. The van der Waals surface area contributed by atoms with E-state index in [2.05, 4.69) is 6.92 Å². The summed E-state index contributed by atoms with van der Waals surface area (Å²) in [6, 6.07) is 0. The summed E-state index contributed by atoms with van der Waals surface area (Å²) in [4.78, 5) is 0. The first-order valence-corrected chi connectivity index (χ1v) is 3.23. The minimum Gasteiger partial charge on any atom is -0.396 e. The summed E-state index contributed by atoms with van der Waals surface area (Å²) >= 11 is 0. The molecule has 0 bridgehead atoms. The number of halogens is 12. The Kier molecular flexibility index (Phi) is 112. The summed E-state index contributed by atoms with van der Waals surface area (Å²) in [6.45, 7) is 2.49. The van der Waals surface area contributed by atoms with Crippen molar-refractivity contribution in [2.24, 2.45) is 5.41 Å². The summed E-state index contributed by atoms with van der Waals surface area (Å²) in [5, 5.41) is 8.47. The molecular formula is C5H10F12O. The van der Waals surface area contributed by atoms with Crippen molar-refractivity contribution in [1.82, 2.24) is 0 Å². The van der Waals surface area contributed by atoms with E-state index in [1.807, 2.05) is 0 Å². The number of aliphatic hydroxyl groups is 1. The second-order valence-corrected chi connectivity index (χ2v) is 2.47. The van der Waals surface area contributed by atoms with Crippen LogP contribution in [-0.4, -0.2) is 11.7 Å². The zero-order valence-electron chi connectivity index (χ0n) is 8.60. The Hall–Kier alpha value is -0.880. The molecule has 120 valence electrons. The van der Waals surface area contributed by atoms with Gasteiger partial charge in [-0.15, -0.1) is 0 Å². The Morgan fingerprint density at radius 2 is 0.833 bits per heavy atom. The molecule has 0 radical (unpaired) electrons. The lowest BCUT2D eigenvalue weighted by Crippen LogP contribution is -1.97. The first kappa shape index (κ1) is 36.0. The first-order valence-electron chi connectivity index (χ1n) is 3.23. The molecule has 0 aliphatic heterocycles. The number of hydrogen-bond acceptors (Lipinski definition) is 1. The second kappa shape index (κ2) is 55.9. The van der Waals surface area contributed by atoms with Gasteiger partial charge in [-0.3, -0.25) is 0 Å². The van der Waals surface area contributed by atoms with E-state index in [4.69, 9.17) is 60.0 Å². The monoisotopic (exact) mass is 314 g/mol. The highest BCUT2D eigenvalue weighted by atomic mass is 20.0. The lowest BCUT2D eigenvalue weighted by molar-refractivity contribution is 0.108. The molecule has 1 N–H and O–H groups in total. The van der Waals surface area contributed by atoms with Crippen LogP contribution in [0.3, 0.4) is 0 Å². The molecule has 1 nitrogen and oxygen atoms in total. The maximum atomic E-state index is 8.47. The summed E-state index contributed by atoms with van der Waals surface area (Å²) in [6.07, 6.45) is 2.45. The average molecular weight is 314 g/mol. The summed E-state index contributed by atoms with van der Waals surface area (Å²) < 4.78 is 96.0. The Balaban J connectivity index is -0.0000000262. The van der Waals surface area contributed by atoms with E-state index in [9.17, 15) is 0 Å². The molecule has 0 saturated heterocycles. The van der Waals surface area contributed by atoms with E-state index in [-0.39, 0.29) is 0 Å². The van der Waals surface area contributed by atoms with Crippen LogP contribution in [-0.2, 0) is 0 Å². The molecule has 0 aromatic rings. The first-order chi connectivity index (χ1) is 8.77. The van der Waals surface area contributed by atoms with Crippen molar-refractivity contribution in [2.75, 3.05) is 6.61 Å². The number of hydrogen-bond donors (Lipinski definition) is 1. The Morgan fingerprint density at radius 1 is 0.667 bits per heavy atom. The van der Waals surface area contributed by atoms with Gasteiger partial charge in [0.15, 0.2) is 0 Å². The highest BCUT2D eigenvalue weighted by molar-refractivity contribution is 4.87. The van der Waals surface area contributed by atoms with E-state index in [1.54, 1.807) is 0 Å². The molecule has 13 heteroatoms. The fourth-order valence-corrected chi connectivity index (χ4v) is 0.372. The van der Waals surface area contributed by atoms with Crippen LogP contribution in [0.2, 0.25) is 0 Å². The molecule has 1 fully saturated rings. The molecule has 0 aromatic carbocycles. The lowest BCUT2D eigenvalue weighted by Gasteiger charge is -1.96. The summed E-state index contributed by atoms with van der Waals surface area (Å²) in [7, 11) is 0. The highest BCUT2D eigenvalue weighted by Gasteiger charge is 2.35. The summed E-state index contributed by atoms with van der Waals surface area (Å²) in [5.41, 5.74) is 0.347. The zero-order chi connectivity index (χ0) is 16.6. The van der Waals surface area contributed by atoms with Crippen LogP contribution < -0.4 is 0 Å². The average Bonchev–Trinajstić information content (AvgIpc) is 3.30. The maximum absolute atomic E-state index is 8.47. The van der Waals surface area contributed by atoms with E-state index in [1.165, 1.54) is 12.8 Å². The van der Waals surface area contributed by atoms with Gasteiger partial charge in [0.25, 0.3) is 0 Å². The predicted molar refractivity (Wildman–Crippen MR) is 37.7 cm³/mol. The molecule has 1 rings (SSSR count). The van der Waals surface area contributed by atoms with Gasteiger partial charge >= 0.3 is 0 Å². The van der Waals surface area contributed by atoms with Crippen molar-refractivity contribution >= 4 is 0 Å². The van der Waals surface area contributed by atoms with Crippen LogP contribution in [0, 0.1) is 5.41 Å². The normalized spacial score (nSPS) is 11.0. The predicted octanol–water partition coefficient (Wildman–Crippen LogP) is 5.82. The van der Waals surface area contributed by atoms with Gasteiger partial charge in [0, 0.05) is 61.5 Å². The second-order valence-electron chi connectivity index (χ2n) is 2.47. The molecule has 1 aliphatic rings. The van der Waals surface area contributed by atoms with Crippen LogP contribution in [0.15, 0.2) is 0 Å². The highest BCUT2D eigenvalue weighted by Crippen LogP contribution is 2.43. The van der Waals surface area contributed by atoms with E-state index in [0.29, 0.717) is 12.0 Å². The molecule has 0 heterocycles. The zero-order valence-corrected chi connectivity index (χ0v) is 8.60. The summed E-state index contributed by atoms with van der Waals surface area (Å²) in [5.74, 6) is 0. The van der Waals surface area contributed by atoms with E-state index >= 15 is 0 Å². The fraction of sp³-hybridized carbons (Fsp3) is 1.00. The Morgan fingerprint density at radius 3 is 0.833 bits per heavy atom. The molecule has 0 unspecified atom stereocenters. The van der Waals surface area contributed by atoms with Crippen molar-refractivity contribution in [3.8, 4) is 0 Å². The van der Waals surface area contributed by atoms with Crippen molar-refractivity contribution in [2.45, 2.75) is 19.8 Å². The van der Waals surface area contributed by atoms with E-state index < -0.39 is 0 Å². The minimum absolute atomic E-state index is 0.347. The van der Waals surface area contributed by atoms with Crippen LogP contribution >= 0.6 is 0 Å².